The zero-order chi connectivity index (χ0) is 8.67. The Morgan fingerprint density at radius 2 is 2.38 bits per heavy atom. The molecule has 0 aliphatic carbocycles. The first-order valence-electron chi connectivity index (χ1n) is 4.40. The SMILES string of the molecule is C1=NC2N=CC3=C(NCNC3)C2=C1. The predicted octanol–water partition coefficient (Wildman–Crippen LogP) is -0.188. The number of nitrogens with one attached hydrogen (secondary N) is 2. The summed E-state index contributed by atoms with van der Waals surface area (Å²) in [5.74, 6) is 0. The Morgan fingerprint density at radius 3 is 3.38 bits per heavy atom. The van der Waals surface area contributed by atoms with Gasteiger partial charge in [0.1, 0.15) is 0 Å². The average Bonchev–Trinajstić information content (AvgIpc) is 2.65. The van der Waals surface area contributed by atoms with E-state index in [9.17, 15) is 0 Å². The van der Waals surface area contributed by atoms with E-state index in [1.807, 2.05) is 18.5 Å². The minimum Gasteiger partial charge on any atom is -0.372 e. The van der Waals surface area contributed by atoms with Crippen molar-refractivity contribution in [2.45, 2.75) is 6.17 Å². The normalized spacial score (nSPS) is 29.5. The molecule has 0 saturated heterocycles. The third kappa shape index (κ3) is 0.954. The Balaban J connectivity index is 2.07. The number of allylic oxidation sites excluding steroid dienone is 1. The summed E-state index contributed by atoms with van der Waals surface area (Å²) in [4.78, 5) is 8.59. The van der Waals surface area contributed by atoms with Crippen LogP contribution in [0.15, 0.2) is 32.9 Å². The Kier molecular flexibility index (Phi) is 1.37. The van der Waals surface area contributed by atoms with Crippen molar-refractivity contribution in [3.63, 3.8) is 0 Å². The summed E-state index contributed by atoms with van der Waals surface area (Å²) >= 11 is 0. The number of fused-ring (bicyclic) bond motifs is 2. The van der Waals surface area contributed by atoms with Gasteiger partial charge in [-0.1, -0.05) is 0 Å². The van der Waals surface area contributed by atoms with Crippen molar-refractivity contribution in [1.29, 1.82) is 0 Å². The van der Waals surface area contributed by atoms with Gasteiger partial charge in [0.15, 0.2) is 6.17 Å². The smallest absolute Gasteiger partial charge is 0.167 e. The molecule has 3 rings (SSSR count). The second kappa shape index (κ2) is 2.53. The van der Waals surface area contributed by atoms with E-state index in [2.05, 4.69) is 20.6 Å². The zero-order valence-corrected chi connectivity index (χ0v) is 7.12. The summed E-state index contributed by atoms with van der Waals surface area (Å²) in [6, 6.07) is 0. The molecule has 0 fully saturated rings. The lowest BCUT2D eigenvalue weighted by Gasteiger charge is -2.26. The predicted molar refractivity (Wildman–Crippen MR) is 51.9 cm³/mol. The van der Waals surface area contributed by atoms with E-state index in [1.54, 1.807) is 0 Å². The van der Waals surface area contributed by atoms with Crippen LogP contribution in [0.4, 0.5) is 0 Å². The van der Waals surface area contributed by atoms with Crippen LogP contribution >= 0.6 is 0 Å². The van der Waals surface area contributed by atoms with Crippen molar-refractivity contribution in [2.75, 3.05) is 13.2 Å². The Morgan fingerprint density at radius 1 is 1.38 bits per heavy atom. The maximum Gasteiger partial charge on any atom is 0.167 e. The maximum atomic E-state index is 4.35. The molecule has 0 aromatic rings. The van der Waals surface area contributed by atoms with E-state index in [-0.39, 0.29) is 6.17 Å². The minimum absolute atomic E-state index is 0.0179. The van der Waals surface area contributed by atoms with Crippen molar-refractivity contribution < 1.29 is 0 Å². The summed E-state index contributed by atoms with van der Waals surface area (Å²) in [7, 11) is 0. The fourth-order valence-corrected chi connectivity index (χ4v) is 1.81. The molecule has 4 nitrogen and oxygen atoms in total. The molecule has 66 valence electrons. The van der Waals surface area contributed by atoms with Crippen LogP contribution in [0.2, 0.25) is 0 Å². The topological polar surface area (TPSA) is 48.8 Å². The molecule has 0 spiro atoms. The molecule has 0 amide bonds. The lowest BCUT2D eigenvalue weighted by Crippen LogP contribution is -2.40. The van der Waals surface area contributed by atoms with Gasteiger partial charge in [0.25, 0.3) is 0 Å². The van der Waals surface area contributed by atoms with E-state index in [1.165, 1.54) is 16.8 Å². The quantitative estimate of drug-likeness (QED) is 0.535. The fraction of sp³-hybridized carbons (Fsp3) is 0.333. The first kappa shape index (κ1) is 7.03. The molecule has 3 aliphatic heterocycles. The highest BCUT2D eigenvalue weighted by molar-refractivity contribution is 5.88. The van der Waals surface area contributed by atoms with Crippen molar-refractivity contribution in [1.82, 2.24) is 10.6 Å². The summed E-state index contributed by atoms with van der Waals surface area (Å²) < 4.78 is 0. The molecule has 3 heterocycles. The molecule has 0 radical (unpaired) electrons. The highest BCUT2D eigenvalue weighted by atomic mass is 15.1. The Bertz CT molecular complexity index is 362. The van der Waals surface area contributed by atoms with E-state index in [4.69, 9.17) is 0 Å². The van der Waals surface area contributed by atoms with Crippen molar-refractivity contribution in [3.05, 3.63) is 22.9 Å². The van der Waals surface area contributed by atoms with Crippen LogP contribution in [0, 0.1) is 0 Å². The van der Waals surface area contributed by atoms with Crippen LogP contribution in [-0.4, -0.2) is 31.8 Å². The van der Waals surface area contributed by atoms with Crippen LogP contribution in [0.1, 0.15) is 0 Å². The van der Waals surface area contributed by atoms with E-state index in [0.29, 0.717) is 0 Å². The minimum atomic E-state index is 0.0179. The fourth-order valence-electron chi connectivity index (χ4n) is 1.81. The van der Waals surface area contributed by atoms with Gasteiger partial charge in [-0.05, 0) is 6.08 Å². The molecule has 0 aromatic carbocycles. The Labute approximate surface area is 76.2 Å². The summed E-state index contributed by atoms with van der Waals surface area (Å²) in [6.07, 6.45) is 5.80. The molecule has 0 bridgehead atoms. The first-order valence-corrected chi connectivity index (χ1v) is 4.40. The number of dihydropyridines is 1. The monoisotopic (exact) mass is 174 g/mol. The molecule has 0 aromatic heterocycles. The molecule has 1 unspecified atom stereocenters. The number of hydrogen-bond donors (Lipinski definition) is 2. The van der Waals surface area contributed by atoms with Gasteiger partial charge < -0.3 is 5.32 Å². The highest BCUT2D eigenvalue weighted by Gasteiger charge is 2.25. The van der Waals surface area contributed by atoms with Gasteiger partial charge in [0.05, 0.1) is 6.67 Å². The van der Waals surface area contributed by atoms with Crippen molar-refractivity contribution in [3.8, 4) is 0 Å². The van der Waals surface area contributed by atoms with E-state index in [0.717, 1.165) is 13.2 Å². The lowest BCUT2D eigenvalue weighted by molar-refractivity contribution is 0.618. The van der Waals surface area contributed by atoms with E-state index < -0.39 is 0 Å². The maximum absolute atomic E-state index is 4.35. The second-order valence-corrected chi connectivity index (χ2v) is 3.25. The molecule has 0 saturated carbocycles. The molecule has 3 aliphatic rings. The van der Waals surface area contributed by atoms with Crippen molar-refractivity contribution >= 4 is 12.4 Å². The molecule has 1 atom stereocenters. The van der Waals surface area contributed by atoms with Gasteiger partial charge in [-0.25, -0.2) is 0 Å². The number of nitrogens with zero attached hydrogens (tertiary/aromatic N) is 2. The third-order valence-electron chi connectivity index (χ3n) is 2.45. The van der Waals surface area contributed by atoms with Gasteiger partial charge in [0.2, 0.25) is 0 Å². The first-order chi connectivity index (χ1) is 6.45. The molecular formula is C9H10N4. The van der Waals surface area contributed by atoms with Crippen LogP contribution in [0.25, 0.3) is 0 Å². The number of hydrogen-bond acceptors (Lipinski definition) is 4. The molecule has 13 heavy (non-hydrogen) atoms. The largest absolute Gasteiger partial charge is 0.372 e. The second-order valence-electron chi connectivity index (χ2n) is 3.25. The van der Waals surface area contributed by atoms with Gasteiger partial charge in [-0.2, -0.15) is 0 Å². The Hall–Kier alpha value is -1.42. The van der Waals surface area contributed by atoms with Crippen LogP contribution in [0.5, 0.6) is 0 Å². The number of aliphatic imine (C=N–C) groups is 2. The average molecular weight is 174 g/mol. The number of rotatable bonds is 0. The van der Waals surface area contributed by atoms with Crippen LogP contribution < -0.4 is 10.6 Å². The van der Waals surface area contributed by atoms with E-state index >= 15 is 0 Å². The highest BCUT2D eigenvalue weighted by Crippen LogP contribution is 2.26. The summed E-state index contributed by atoms with van der Waals surface area (Å²) in [6.45, 7) is 1.73. The van der Waals surface area contributed by atoms with Gasteiger partial charge in [-0.15, -0.1) is 0 Å². The zero-order valence-electron chi connectivity index (χ0n) is 7.12. The molecule has 4 heteroatoms. The van der Waals surface area contributed by atoms with Gasteiger partial charge in [0, 0.05) is 35.8 Å². The molecule has 2 N–H and O–H groups in total. The summed E-state index contributed by atoms with van der Waals surface area (Å²) in [5, 5.41) is 6.56. The molecular weight excluding hydrogens is 164 g/mol. The van der Waals surface area contributed by atoms with Gasteiger partial charge >= 0.3 is 0 Å². The third-order valence-corrected chi connectivity index (χ3v) is 2.45. The standard InChI is InChI=1S/C9H10N4/c1-2-11-9-7(1)8-6(4-12-9)3-10-5-13-8/h1-2,4,9-10,13H,3,5H2. The lowest BCUT2D eigenvalue weighted by atomic mass is 10.0. The van der Waals surface area contributed by atoms with Crippen LogP contribution in [-0.2, 0) is 0 Å². The van der Waals surface area contributed by atoms with Crippen LogP contribution in [0.3, 0.4) is 0 Å². The van der Waals surface area contributed by atoms with Gasteiger partial charge in [-0.3, -0.25) is 15.3 Å². The summed E-state index contributed by atoms with van der Waals surface area (Å²) in [5.41, 5.74) is 3.66. The van der Waals surface area contributed by atoms with Crippen molar-refractivity contribution in [2.24, 2.45) is 9.98 Å².